The molecule has 0 aliphatic heterocycles. The lowest BCUT2D eigenvalue weighted by molar-refractivity contribution is 0.0691. The Morgan fingerprint density at radius 1 is 1.62 bits per heavy atom. The van der Waals surface area contributed by atoms with Gasteiger partial charge in [-0.05, 0) is 6.42 Å². The summed E-state index contributed by atoms with van der Waals surface area (Å²) in [6, 6.07) is 0.0137. The van der Waals surface area contributed by atoms with Crippen molar-refractivity contribution in [3.8, 4) is 12.3 Å². The van der Waals surface area contributed by atoms with E-state index in [2.05, 4.69) is 21.2 Å². The summed E-state index contributed by atoms with van der Waals surface area (Å²) in [4.78, 5) is 18.6. The quantitative estimate of drug-likeness (QED) is 0.732. The van der Waals surface area contributed by atoms with Gasteiger partial charge in [-0.3, -0.25) is 0 Å². The Hall–Kier alpha value is -2.09. The highest BCUT2D eigenvalue weighted by atomic mass is 16.4. The minimum atomic E-state index is -1.11. The molecule has 1 aromatic heterocycles. The Morgan fingerprint density at radius 3 is 2.88 bits per heavy atom. The number of aromatic nitrogens is 2. The third kappa shape index (κ3) is 2.95. The van der Waals surface area contributed by atoms with Crippen LogP contribution in [-0.4, -0.2) is 27.1 Å². The molecular formula is C11H13N3O2. The second-order valence-corrected chi connectivity index (χ2v) is 3.22. The molecule has 2 N–H and O–H groups in total. The molecule has 16 heavy (non-hydrogen) atoms. The number of hydrogen-bond acceptors (Lipinski definition) is 4. The first-order valence-corrected chi connectivity index (χ1v) is 4.93. The van der Waals surface area contributed by atoms with Crippen molar-refractivity contribution in [2.24, 2.45) is 0 Å². The molecule has 0 aromatic carbocycles. The van der Waals surface area contributed by atoms with Crippen molar-refractivity contribution in [1.82, 2.24) is 9.97 Å². The van der Waals surface area contributed by atoms with Crippen LogP contribution >= 0.6 is 0 Å². The molecule has 84 valence electrons. The highest BCUT2D eigenvalue weighted by Crippen LogP contribution is 2.12. The number of carboxylic acid groups (broad SMARTS) is 1. The Labute approximate surface area is 93.9 Å². The van der Waals surface area contributed by atoms with Gasteiger partial charge >= 0.3 is 5.97 Å². The molecule has 1 atom stereocenters. The summed E-state index contributed by atoms with van der Waals surface area (Å²) in [6.45, 7) is 1.96. The molecule has 1 rings (SSSR count). The molecular weight excluding hydrogens is 206 g/mol. The van der Waals surface area contributed by atoms with Crippen LogP contribution in [0.1, 0.15) is 30.3 Å². The standard InChI is InChI=1S/C11H13N3O2/c1-3-5-8(4-2)14-10-9(11(15)16)12-6-7-13-10/h1,6-8H,4-5H2,2H3,(H,13,14)(H,15,16). The maximum absolute atomic E-state index is 10.9. The molecule has 0 radical (unpaired) electrons. The fourth-order valence-corrected chi connectivity index (χ4v) is 1.23. The van der Waals surface area contributed by atoms with Crippen molar-refractivity contribution in [1.29, 1.82) is 0 Å². The van der Waals surface area contributed by atoms with E-state index in [1.807, 2.05) is 6.92 Å². The lowest BCUT2D eigenvalue weighted by Gasteiger charge is -2.15. The van der Waals surface area contributed by atoms with E-state index in [9.17, 15) is 4.79 Å². The average molecular weight is 219 g/mol. The Kier molecular flexibility index (Phi) is 4.28. The van der Waals surface area contributed by atoms with E-state index in [4.69, 9.17) is 11.5 Å². The number of anilines is 1. The molecule has 0 aliphatic rings. The van der Waals surface area contributed by atoms with Crippen LogP contribution in [0.2, 0.25) is 0 Å². The van der Waals surface area contributed by atoms with Crippen LogP contribution in [0, 0.1) is 12.3 Å². The summed E-state index contributed by atoms with van der Waals surface area (Å²) in [5.74, 6) is 1.69. The lowest BCUT2D eigenvalue weighted by atomic mass is 10.1. The molecule has 0 saturated heterocycles. The van der Waals surface area contributed by atoms with Crippen molar-refractivity contribution < 1.29 is 9.90 Å². The van der Waals surface area contributed by atoms with E-state index in [0.717, 1.165) is 6.42 Å². The Balaban J connectivity index is 2.87. The Bertz CT molecular complexity index is 412. The molecule has 0 fully saturated rings. The second kappa shape index (κ2) is 5.71. The number of carboxylic acids is 1. The number of aromatic carboxylic acids is 1. The summed E-state index contributed by atoms with van der Waals surface area (Å²) in [5.41, 5.74) is -0.0852. The lowest BCUT2D eigenvalue weighted by Crippen LogP contribution is -2.21. The predicted molar refractivity (Wildman–Crippen MR) is 60.1 cm³/mol. The number of nitrogens with one attached hydrogen (secondary N) is 1. The van der Waals surface area contributed by atoms with Crippen molar-refractivity contribution in [3.63, 3.8) is 0 Å². The number of rotatable bonds is 5. The first kappa shape index (κ1) is 12.0. The van der Waals surface area contributed by atoms with E-state index in [-0.39, 0.29) is 17.6 Å². The summed E-state index contributed by atoms with van der Waals surface area (Å²) in [7, 11) is 0. The third-order valence-electron chi connectivity index (χ3n) is 2.10. The van der Waals surface area contributed by atoms with E-state index in [1.54, 1.807) is 0 Å². The summed E-state index contributed by atoms with van der Waals surface area (Å²) in [6.07, 6.45) is 9.31. The molecule has 0 spiro atoms. The van der Waals surface area contributed by atoms with Gasteiger partial charge in [0.25, 0.3) is 0 Å². The SMILES string of the molecule is C#CCC(CC)Nc1nccnc1C(=O)O. The van der Waals surface area contributed by atoms with Gasteiger partial charge in [0.1, 0.15) is 0 Å². The largest absolute Gasteiger partial charge is 0.476 e. The molecule has 0 aliphatic carbocycles. The van der Waals surface area contributed by atoms with Crippen LogP contribution in [-0.2, 0) is 0 Å². The normalized spacial score (nSPS) is 11.5. The smallest absolute Gasteiger partial charge is 0.358 e. The van der Waals surface area contributed by atoms with Gasteiger partial charge in [0.05, 0.1) is 0 Å². The minimum absolute atomic E-state index is 0.0137. The Morgan fingerprint density at radius 2 is 2.31 bits per heavy atom. The van der Waals surface area contributed by atoms with E-state index >= 15 is 0 Å². The maximum Gasteiger partial charge on any atom is 0.358 e. The van der Waals surface area contributed by atoms with Crippen molar-refractivity contribution >= 4 is 11.8 Å². The van der Waals surface area contributed by atoms with Crippen LogP contribution < -0.4 is 5.32 Å². The van der Waals surface area contributed by atoms with Crippen molar-refractivity contribution in [2.45, 2.75) is 25.8 Å². The summed E-state index contributed by atoms with van der Waals surface area (Å²) >= 11 is 0. The van der Waals surface area contributed by atoms with E-state index in [1.165, 1.54) is 12.4 Å². The van der Waals surface area contributed by atoms with Crippen LogP contribution in [0.4, 0.5) is 5.82 Å². The van der Waals surface area contributed by atoms with E-state index in [0.29, 0.717) is 6.42 Å². The number of terminal acetylenes is 1. The molecule has 1 heterocycles. The van der Waals surface area contributed by atoms with Gasteiger partial charge in [0, 0.05) is 24.9 Å². The van der Waals surface area contributed by atoms with Gasteiger partial charge in [-0.2, -0.15) is 0 Å². The summed E-state index contributed by atoms with van der Waals surface area (Å²) in [5, 5.41) is 11.9. The predicted octanol–water partition coefficient (Wildman–Crippen LogP) is 1.39. The fourth-order valence-electron chi connectivity index (χ4n) is 1.23. The topological polar surface area (TPSA) is 75.1 Å². The molecule has 1 unspecified atom stereocenters. The first-order chi connectivity index (χ1) is 7.69. The minimum Gasteiger partial charge on any atom is -0.476 e. The van der Waals surface area contributed by atoms with Gasteiger partial charge in [-0.25, -0.2) is 14.8 Å². The van der Waals surface area contributed by atoms with Gasteiger partial charge in [0.2, 0.25) is 0 Å². The highest BCUT2D eigenvalue weighted by molar-refractivity contribution is 5.90. The van der Waals surface area contributed by atoms with Gasteiger partial charge in [-0.15, -0.1) is 12.3 Å². The average Bonchev–Trinajstić information content (AvgIpc) is 2.29. The van der Waals surface area contributed by atoms with Crippen LogP contribution in [0.15, 0.2) is 12.4 Å². The van der Waals surface area contributed by atoms with Crippen molar-refractivity contribution in [3.05, 3.63) is 18.1 Å². The third-order valence-corrected chi connectivity index (χ3v) is 2.10. The van der Waals surface area contributed by atoms with Gasteiger partial charge in [0.15, 0.2) is 11.5 Å². The molecule has 0 amide bonds. The van der Waals surface area contributed by atoms with Crippen LogP contribution in [0.5, 0.6) is 0 Å². The van der Waals surface area contributed by atoms with Crippen LogP contribution in [0.25, 0.3) is 0 Å². The molecule has 1 aromatic rings. The molecule has 0 saturated carbocycles. The van der Waals surface area contributed by atoms with Crippen LogP contribution in [0.3, 0.4) is 0 Å². The fraction of sp³-hybridized carbons (Fsp3) is 0.364. The number of nitrogens with zero attached hydrogens (tertiary/aromatic N) is 2. The van der Waals surface area contributed by atoms with Gasteiger partial charge in [-0.1, -0.05) is 6.92 Å². The number of hydrogen-bond donors (Lipinski definition) is 2. The zero-order valence-electron chi connectivity index (χ0n) is 8.97. The van der Waals surface area contributed by atoms with Gasteiger partial charge < -0.3 is 10.4 Å². The maximum atomic E-state index is 10.9. The van der Waals surface area contributed by atoms with E-state index < -0.39 is 5.97 Å². The number of carbonyl (C=O) groups is 1. The zero-order valence-corrected chi connectivity index (χ0v) is 8.97. The highest BCUT2D eigenvalue weighted by Gasteiger charge is 2.14. The summed E-state index contributed by atoms with van der Waals surface area (Å²) < 4.78 is 0. The first-order valence-electron chi connectivity index (χ1n) is 4.93. The molecule has 0 bridgehead atoms. The monoisotopic (exact) mass is 219 g/mol. The van der Waals surface area contributed by atoms with Crippen molar-refractivity contribution in [2.75, 3.05) is 5.32 Å². The molecule has 5 nitrogen and oxygen atoms in total. The second-order valence-electron chi connectivity index (χ2n) is 3.22. The molecule has 5 heteroatoms. The zero-order chi connectivity index (χ0) is 12.0.